The van der Waals surface area contributed by atoms with Gasteiger partial charge in [0.1, 0.15) is 5.58 Å². The predicted molar refractivity (Wildman–Crippen MR) is 117 cm³/mol. The average Bonchev–Trinajstić information content (AvgIpc) is 3.19. The lowest BCUT2D eigenvalue weighted by atomic mass is 10.1. The molecular formula is C23H20N2O4S. The first-order valence-corrected chi connectivity index (χ1v) is 11.0. The second-order valence-electron chi connectivity index (χ2n) is 6.81. The molecule has 0 aliphatic heterocycles. The highest BCUT2D eigenvalue weighted by Gasteiger charge is 2.14. The zero-order chi connectivity index (χ0) is 21.1. The van der Waals surface area contributed by atoms with Crippen LogP contribution >= 0.6 is 0 Å². The number of anilines is 1. The summed E-state index contributed by atoms with van der Waals surface area (Å²) in [5, 5.41) is 3.69. The third-order valence-corrected chi connectivity index (χ3v) is 6.49. The van der Waals surface area contributed by atoms with Crippen LogP contribution in [-0.2, 0) is 9.84 Å². The van der Waals surface area contributed by atoms with Crippen molar-refractivity contribution in [3.8, 4) is 11.1 Å². The van der Waals surface area contributed by atoms with Crippen molar-refractivity contribution in [1.29, 1.82) is 0 Å². The van der Waals surface area contributed by atoms with Crippen LogP contribution in [0.1, 0.15) is 10.6 Å². The molecule has 0 saturated heterocycles. The van der Waals surface area contributed by atoms with Crippen LogP contribution in [0.2, 0.25) is 0 Å². The summed E-state index contributed by atoms with van der Waals surface area (Å²) in [4.78, 5) is 12.7. The normalized spacial score (nSPS) is 11.5. The summed E-state index contributed by atoms with van der Waals surface area (Å²) in [6, 6.07) is 23.1. The van der Waals surface area contributed by atoms with Gasteiger partial charge in [0, 0.05) is 17.6 Å². The number of hydrogen-bond donors (Lipinski definition) is 2. The van der Waals surface area contributed by atoms with Gasteiger partial charge in [-0.15, -0.1) is 0 Å². The first-order valence-electron chi connectivity index (χ1n) is 9.39. The minimum absolute atomic E-state index is 0.0774. The number of amides is 1. The van der Waals surface area contributed by atoms with Crippen molar-refractivity contribution < 1.29 is 17.6 Å². The summed E-state index contributed by atoms with van der Waals surface area (Å²) >= 11 is 0. The maximum atomic E-state index is 12.5. The molecule has 30 heavy (non-hydrogen) atoms. The summed E-state index contributed by atoms with van der Waals surface area (Å²) < 4.78 is 29.7. The Hall–Kier alpha value is -3.42. The summed E-state index contributed by atoms with van der Waals surface area (Å²) in [5.74, 6) is -0.158. The molecule has 3 N–H and O–H groups in total. The molecule has 0 radical (unpaired) electrons. The van der Waals surface area contributed by atoms with Gasteiger partial charge in [0.25, 0.3) is 5.91 Å². The number of carbonyl (C=O) groups excluding carboxylic acids is 1. The van der Waals surface area contributed by atoms with E-state index in [4.69, 9.17) is 10.2 Å². The van der Waals surface area contributed by atoms with Crippen LogP contribution in [0.15, 0.2) is 88.2 Å². The highest BCUT2D eigenvalue weighted by atomic mass is 32.2. The summed E-state index contributed by atoms with van der Waals surface area (Å²) in [6.07, 6.45) is 0. The Labute approximate surface area is 174 Å². The van der Waals surface area contributed by atoms with Gasteiger partial charge in [0.2, 0.25) is 0 Å². The molecule has 1 aromatic heterocycles. The highest BCUT2D eigenvalue weighted by molar-refractivity contribution is 7.91. The van der Waals surface area contributed by atoms with E-state index in [1.54, 1.807) is 42.5 Å². The van der Waals surface area contributed by atoms with E-state index < -0.39 is 9.84 Å². The Balaban J connectivity index is 1.48. The molecule has 4 rings (SSSR count). The van der Waals surface area contributed by atoms with Gasteiger partial charge in [0.15, 0.2) is 15.6 Å². The number of nitrogens with one attached hydrogen (secondary N) is 1. The molecule has 0 aliphatic carbocycles. The molecule has 0 aliphatic rings. The molecular weight excluding hydrogens is 400 g/mol. The molecule has 0 saturated carbocycles. The summed E-state index contributed by atoms with van der Waals surface area (Å²) in [6.45, 7) is 0.0886. The van der Waals surface area contributed by atoms with Crippen LogP contribution in [-0.4, -0.2) is 26.6 Å². The molecule has 0 unspecified atom stereocenters. The van der Waals surface area contributed by atoms with Crippen LogP contribution < -0.4 is 11.1 Å². The Bertz CT molecular complexity index is 1260. The van der Waals surface area contributed by atoms with E-state index in [1.165, 1.54) is 0 Å². The Morgan fingerprint density at radius 3 is 2.17 bits per heavy atom. The third kappa shape index (κ3) is 4.12. The van der Waals surface area contributed by atoms with Crippen LogP contribution in [0.25, 0.3) is 22.1 Å². The molecule has 0 atom stereocenters. The van der Waals surface area contributed by atoms with Crippen molar-refractivity contribution in [1.82, 2.24) is 0 Å². The van der Waals surface area contributed by atoms with E-state index in [0.29, 0.717) is 11.3 Å². The van der Waals surface area contributed by atoms with E-state index in [2.05, 4.69) is 5.32 Å². The van der Waals surface area contributed by atoms with Crippen molar-refractivity contribution in [2.24, 2.45) is 5.73 Å². The Morgan fingerprint density at radius 1 is 0.900 bits per heavy atom. The zero-order valence-electron chi connectivity index (χ0n) is 16.0. The van der Waals surface area contributed by atoms with Gasteiger partial charge >= 0.3 is 0 Å². The third-order valence-electron chi connectivity index (χ3n) is 4.73. The number of hydrogen-bond acceptors (Lipinski definition) is 5. The lowest BCUT2D eigenvalue weighted by molar-refractivity contribution is 0.0998. The molecule has 0 fully saturated rings. The summed E-state index contributed by atoms with van der Waals surface area (Å²) in [5.41, 5.74) is 8.43. The van der Waals surface area contributed by atoms with Crippen molar-refractivity contribution in [3.63, 3.8) is 0 Å². The van der Waals surface area contributed by atoms with Crippen molar-refractivity contribution in [2.45, 2.75) is 4.90 Å². The first kappa shape index (κ1) is 19.9. The smallest absolute Gasteiger partial charge is 0.291 e. The van der Waals surface area contributed by atoms with Crippen molar-refractivity contribution in [2.75, 3.05) is 17.6 Å². The van der Waals surface area contributed by atoms with Gasteiger partial charge in [-0.25, -0.2) is 8.42 Å². The Morgan fingerprint density at radius 2 is 1.53 bits per heavy atom. The second-order valence-corrected chi connectivity index (χ2v) is 8.92. The van der Waals surface area contributed by atoms with Crippen LogP contribution in [0.5, 0.6) is 0 Å². The van der Waals surface area contributed by atoms with Gasteiger partial charge in [-0.05, 0) is 47.5 Å². The fourth-order valence-corrected chi connectivity index (χ4v) is 4.26. The SMILES string of the molecule is NCCS(=O)(=O)c1ccc(-c2ccc(NC(=O)c3cc4ccccc4o3)cc2)cc1. The number of furan rings is 1. The van der Waals surface area contributed by atoms with Crippen molar-refractivity contribution >= 4 is 32.4 Å². The van der Waals surface area contributed by atoms with Crippen LogP contribution in [0.4, 0.5) is 5.69 Å². The fourth-order valence-electron chi connectivity index (χ4n) is 3.16. The van der Waals surface area contributed by atoms with E-state index in [1.807, 2.05) is 36.4 Å². The van der Waals surface area contributed by atoms with Crippen LogP contribution in [0, 0.1) is 0 Å². The largest absolute Gasteiger partial charge is 0.451 e. The molecule has 1 amide bonds. The molecule has 0 spiro atoms. The number of nitrogens with two attached hydrogens (primary N) is 1. The van der Waals surface area contributed by atoms with Gasteiger partial charge in [-0.1, -0.05) is 42.5 Å². The molecule has 1 heterocycles. The molecule has 3 aromatic carbocycles. The maximum Gasteiger partial charge on any atom is 0.291 e. The number of rotatable bonds is 6. The number of carbonyl (C=O) groups is 1. The van der Waals surface area contributed by atoms with E-state index in [9.17, 15) is 13.2 Å². The Kier molecular flexibility index (Phi) is 5.39. The lowest BCUT2D eigenvalue weighted by Gasteiger charge is -2.07. The average molecular weight is 420 g/mol. The van der Waals surface area contributed by atoms with Gasteiger partial charge in [0.05, 0.1) is 10.6 Å². The highest BCUT2D eigenvalue weighted by Crippen LogP contribution is 2.24. The van der Waals surface area contributed by atoms with Gasteiger partial charge in [-0.2, -0.15) is 0 Å². The number of fused-ring (bicyclic) bond motifs is 1. The minimum Gasteiger partial charge on any atom is -0.451 e. The molecule has 4 aromatic rings. The quantitative estimate of drug-likeness (QED) is 0.489. The van der Waals surface area contributed by atoms with E-state index in [-0.39, 0.29) is 28.9 Å². The fraction of sp³-hybridized carbons (Fsp3) is 0.0870. The van der Waals surface area contributed by atoms with E-state index in [0.717, 1.165) is 16.5 Å². The molecule has 0 bridgehead atoms. The number of sulfone groups is 1. The lowest BCUT2D eigenvalue weighted by Crippen LogP contribution is -2.15. The van der Waals surface area contributed by atoms with E-state index >= 15 is 0 Å². The molecule has 152 valence electrons. The van der Waals surface area contributed by atoms with Crippen LogP contribution in [0.3, 0.4) is 0 Å². The minimum atomic E-state index is -3.35. The maximum absolute atomic E-state index is 12.5. The van der Waals surface area contributed by atoms with Gasteiger partial charge in [-0.3, -0.25) is 4.79 Å². The first-order chi connectivity index (χ1) is 14.5. The second kappa shape index (κ2) is 8.14. The zero-order valence-corrected chi connectivity index (χ0v) is 16.9. The van der Waals surface area contributed by atoms with Gasteiger partial charge < -0.3 is 15.5 Å². The topological polar surface area (TPSA) is 102 Å². The van der Waals surface area contributed by atoms with Crippen molar-refractivity contribution in [3.05, 3.63) is 84.6 Å². The number of benzene rings is 3. The monoisotopic (exact) mass is 420 g/mol. The molecule has 6 nitrogen and oxygen atoms in total. The molecule has 7 heteroatoms. The standard InChI is InChI=1S/C23H20N2O4S/c24-13-14-30(27,28)20-11-7-17(8-12-20)16-5-9-19(10-6-16)25-23(26)22-15-18-3-1-2-4-21(18)29-22/h1-12,15H,13-14,24H2,(H,25,26). The predicted octanol–water partition coefficient (Wildman–Crippen LogP) is 4.08. The number of para-hydroxylation sites is 1. The summed E-state index contributed by atoms with van der Waals surface area (Å²) in [7, 11) is -3.35.